The first-order chi connectivity index (χ1) is 62.0. The zero-order valence-corrected chi connectivity index (χ0v) is 80.4. The lowest BCUT2D eigenvalue weighted by Gasteiger charge is -2.56. The number of para-hydroxylation sites is 8. The van der Waals surface area contributed by atoms with Crippen molar-refractivity contribution < 1.29 is 42.6 Å². The highest BCUT2D eigenvalue weighted by atomic mass is 16.6. The van der Waals surface area contributed by atoms with E-state index in [9.17, 15) is 0 Å². The summed E-state index contributed by atoms with van der Waals surface area (Å²) >= 11 is 0. The zero-order valence-electron chi connectivity index (χ0n) is 80.4. The molecule has 32 atom stereocenters. The van der Waals surface area contributed by atoms with Gasteiger partial charge in [0.25, 0.3) is 0 Å². The van der Waals surface area contributed by atoms with Gasteiger partial charge in [0.05, 0.1) is 91.7 Å². The van der Waals surface area contributed by atoms with Gasteiger partial charge in [0, 0.05) is 53.3 Å². The lowest BCUT2D eigenvalue weighted by molar-refractivity contribution is -0.190. The van der Waals surface area contributed by atoms with Crippen molar-refractivity contribution in [2.24, 2.45) is 59.2 Å². The van der Waals surface area contributed by atoms with Gasteiger partial charge in [-0.1, -0.05) is 159 Å². The van der Waals surface area contributed by atoms with Crippen molar-refractivity contribution in [1.82, 2.24) is 71.3 Å². The summed E-state index contributed by atoms with van der Waals surface area (Å²) in [5, 5.41) is 35.0. The highest BCUT2D eigenvalue weighted by Crippen LogP contribution is 2.60. The van der Waals surface area contributed by atoms with E-state index in [1.807, 2.05) is 0 Å². The number of aryl methyl sites for hydroxylation is 8. The number of benzene rings is 8. The molecular weight excluding hydrogens is 1610 g/mol. The number of hydrogen-bond donors (Lipinski definition) is 6. The van der Waals surface area contributed by atoms with Crippen LogP contribution in [0, 0.1) is 115 Å². The number of fused-ring (bicyclic) bond motifs is 16. The molecule has 129 heavy (non-hydrogen) atoms. The van der Waals surface area contributed by atoms with Gasteiger partial charge in [-0.3, -0.25) is 31.9 Å². The fourth-order valence-electron chi connectivity index (χ4n) is 25.9. The summed E-state index contributed by atoms with van der Waals surface area (Å²) < 4.78 is 72.2. The average molecular weight is 1760 g/mol. The van der Waals surface area contributed by atoms with E-state index in [0.717, 1.165) is 90.5 Å². The van der Waals surface area contributed by atoms with Crippen molar-refractivity contribution in [3.05, 3.63) is 239 Å². The largest absolute Gasteiger partial charge is 0.486 e. The van der Waals surface area contributed by atoms with Gasteiger partial charge >= 0.3 is 0 Å². The molecule has 4 bridgehead atoms. The van der Waals surface area contributed by atoms with E-state index in [1.54, 1.807) is 0 Å². The minimum absolute atomic E-state index is 0.00722. The lowest BCUT2D eigenvalue weighted by Crippen LogP contribution is -2.75. The molecule has 32 unspecified atom stereocenters. The lowest BCUT2D eigenvalue weighted by atomic mass is 9.62. The molecule has 23 nitrogen and oxygen atoms in total. The van der Waals surface area contributed by atoms with E-state index in [1.165, 1.54) is 0 Å². The van der Waals surface area contributed by atoms with Crippen LogP contribution in [0.25, 0.3) is 0 Å². The van der Waals surface area contributed by atoms with Gasteiger partial charge in [0.15, 0.2) is 42.7 Å². The molecule has 0 radical (unpaired) electrons. The summed E-state index contributed by atoms with van der Waals surface area (Å²) in [5.74, 6) is 4.52. The summed E-state index contributed by atoms with van der Waals surface area (Å²) in [6.45, 7) is 26.7. The van der Waals surface area contributed by atoms with Crippen molar-refractivity contribution in [3.63, 3.8) is 0 Å². The number of nitrogens with one attached hydrogen (secondary N) is 6. The fourth-order valence-corrected chi connectivity index (χ4v) is 25.9. The molecule has 8 aromatic carbocycles. The van der Waals surface area contributed by atoms with E-state index >= 15 is 0 Å². The van der Waals surface area contributed by atoms with E-state index in [2.05, 4.69) is 407 Å². The van der Waals surface area contributed by atoms with Gasteiger partial charge in [-0.25, -0.2) is 10.0 Å². The fraction of sp³-hybridized carbons (Fsp3) is 0.547. The molecule has 10 aliphatic rings. The third-order valence-corrected chi connectivity index (χ3v) is 31.1. The molecule has 6 heterocycles. The summed E-state index contributed by atoms with van der Waals surface area (Å²) in [7, 11) is 27.4. The monoisotopic (exact) mass is 1760 g/mol. The van der Waals surface area contributed by atoms with Crippen LogP contribution in [0.3, 0.4) is 0 Å². The summed E-state index contributed by atoms with van der Waals surface area (Å²) in [6.07, 6.45) is -8.91. The Morgan fingerprint density at radius 1 is 0.225 bits per heavy atom. The molecule has 6 N–H and O–H groups in total. The van der Waals surface area contributed by atoms with Crippen LogP contribution in [0.1, 0.15) is 72.2 Å². The Kier molecular flexibility index (Phi) is 26.3. The Morgan fingerprint density at radius 3 is 0.659 bits per heavy atom. The quantitative estimate of drug-likeness (QED) is 0.0318. The molecule has 10 fully saturated rings. The van der Waals surface area contributed by atoms with Crippen molar-refractivity contribution in [2.45, 2.75) is 230 Å². The standard InChI is InChI=1S/C106H144N14O9/c1-57(2)75-76-80(87(116(19)20)92(123-68-50-34-26-42-60(68)6)90(75)122-67-49-33-25-41-59(67)5)104-109-99-77-78(85(114(15)16)94(125-70-52-36-28-44-62(70)8)93(84(77)113(13)14)124-69-51-35-27-43-61(69)7)100(107-99)110-105-81-82(89(118(23)24)96(127-72-54-38-30-46-64(72)10)95(88(81)117(21)22)126-71-53-37-29-45-63(71)9)106-111-101-79-83(102(108-101)112-103(76)119(104)120(105)106)91(121-58(3)4)98(129-74-56-40-32-48-66(74)12)97(86(79)115(17)18)128-73-55-39-31-47-65(73)11/h25-58,75-112H,1-24H3. The molecule has 6 saturated heterocycles. The van der Waals surface area contributed by atoms with Crippen LogP contribution in [-0.4, -0.2) is 271 Å². The molecule has 23 heteroatoms. The molecule has 18 rings (SSSR count). The topological polar surface area (TPSA) is 181 Å². The summed E-state index contributed by atoms with van der Waals surface area (Å²) in [5.41, 5.74) is 8.41. The highest BCUT2D eigenvalue weighted by Gasteiger charge is 2.76. The van der Waals surface area contributed by atoms with E-state index in [0.29, 0.717) is 0 Å². The van der Waals surface area contributed by atoms with E-state index < -0.39 is 98.1 Å². The number of ether oxygens (including phenoxy) is 9. The SMILES string of the molecule is Cc1ccccc1OC1C(OC(C)C)C2C3NC(NC4C5C(C(N(C)C)C(Oc6ccccc6C)C(Oc6ccccc6C)C5N(C)C)C5NC6NC(NC7C8C(C(C(C)C)C(Oc9ccccc9C)C(Oc9ccccc9C)C8N(C)C)C(N3)N7N45)C3C6C(N(C)C)C(Oc4ccccc4C)C(Oc4ccccc4C)C3N(C)C)C2C(N(C)C)C1Oc1ccccc1C. The maximum absolute atomic E-state index is 8.17. The van der Waals surface area contributed by atoms with Gasteiger partial charge < -0.3 is 72.0 Å². The Morgan fingerprint density at radius 2 is 0.419 bits per heavy atom. The predicted octanol–water partition coefficient (Wildman–Crippen LogP) is 12.4. The van der Waals surface area contributed by atoms with Crippen LogP contribution < -0.4 is 69.8 Å². The Hall–Kier alpha value is -8.44. The second kappa shape index (κ2) is 37.2. The number of hydrazine groups is 1. The first-order valence-electron chi connectivity index (χ1n) is 47.5. The normalized spacial score (nSPS) is 35.8. The minimum Gasteiger partial charge on any atom is -0.486 e. The average Bonchev–Trinajstić information content (AvgIpc) is 1.51. The van der Waals surface area contributed by atoms with Gasteiger partial charge in [-0.05, 0) is 253 Å². The summed E-state index contributed by atoms with van der Waals surface area (Å²) in [6, 6.07) is 66.4. The molecule has 0 aromatic heterocycles. The molecule has 4 aliphatic carbocycles. The van der Waals surface area contributed by atoms with Crippen molar-refractivity contribution in [1.29, 1.82) is 0 Å². The highest BCUT2D eigenvalue weighted by molar-refractivity contribution is 5.42. The molecule has 0 amide bonds. The Bertz CT molecular complexity index is 5060. The van der Waals surface area contributed by atoms with Crippen LogP contribution >= 0.6 is 0 Å². The van der Waals surface area contributed by atoms with Gasteiger partial charge in [-0.15, -0.1) is 0 Å². The van der Waals surface area contributed by atoms with Crippen LogP contribution in [0.15, 0.2) is 194 Å². The van der Waals surface area contributed by atoms with Crippen LogP contribution in [0.4, 0.5) is 0 Å². The predicted molar refractivity (Wildman–Crippen MR) is 509 cm³/mol. The smallest absolute Gasteiger partial charge is 0.163 e. The van der Waals surface area contributed by atoms with Gasteiger partial charge in [0.1, 0.15) is 58.2 Å². The molecule has 0 spiro atoms. The van der Waals surface area contributed by atoms with Crippen LogP contribution in [-0.2, 0) is 4.74 Å². The Labute approximate surface area is 767 Å². The third kappa shape index (κ3) is 16.6. The van der Waals surface area contributed by atoms with E-state index in [-0.39, 0.29) is 108 Å². The molecule has 6 aliphatic heterocycles. The second-order valence-corrected chi connectivity index (χ2v) is 41.0. The summed E-state index contributed by atoms with van der Waals surface area (Å²) in [4.78, 5) is 14.8. The third-order valence-electron chi connectivity index (χ3n) is 31.1. The van der Waals surface area contributed by atoms with E-state index in [4.69, 9.17) is 69.2 Å². The molecule has 692 valence electrons. The van der Waals surface area contributed by atoms with Gasteiger partial charge in [0.2, 0.25) is 0 Å². The zero-order chi connectivity index (χ0) is 90.7. The van der Waals surface area contributed by atoms with Gasteiger partial charge in [-0.2, -0.15) is 0 Å². The van der Waals surface area contributed by atoms with Crippen LogP contribution in [0.2, 0.25) is 0 Å². The molecule has 8 aromatic rings. The number of rotatable bonds is 25. The maximum Gasteiger partial charge on any atom is 0.163 e. The van der Waals surface area contributed by atoms with Crippen molar-refractivity contribution in [3.8, 4) is 46.0 Å². The molecular formula is C106H144N14O9. The minimum atomic E-state index is -0.642. The number of hydrogen-bond acceptors (Lipinski definition) is 23. The first kappa shape index (κ1) is 91.1. The van der Waals surface area contributed by atoms with Crippen molar-refractivity contribution >= 4 is 0 Å². The molecule has 4 saturated carbocycles. The van der Waals surface area contributed by atoms with Crippen LogP contribution in [0.5, 0.6) is 46.0 Å². The van der Waals surface area contributed by atoms with Crippen molar-refractivity contribution in [2.75, 3.05) is 84.6 Å². The second-order valence-electron chi connectivity index (χ2n) is 41.0. The first-order valence-corrected chi connectivity index (χ1v) is 47.5. The number of likely N-dealkylation sites (N-methyl/N-ethyl adjacent to an activating group) is 6. The Balaban J connectivity index is 0.942. The maximum atomic E-state index is 8.17. The number of nitrogens with zero attached hydrogens (tertiary/aromatic N) is 8.